The molecule has 10 nitrogen and oxygen atoms in total. The van der Waals surface area contributed by atoms with Crippen LogP contribution in [0, 0.1) is 23.7 Å². The predicted molar refractivity (Wildman–Crippen MR) is 168 cm³/mol. The van der Waals surface area contributed by atoms with Crippen molar-refractivity contribution < 1.29 is 24.0 Å². The maximum absolute atomic E-state index is 13.8. The summed E-state index contributed by atoms with van der Waals surface area (Å²) >= 11 is 0. The summed E-state index contributed by atoms with van der Waals surface area (Å²) in [6.07, 6.45) is 1.25. The molecule has 2 rings (SSSR count). The van der Waals surface area contributed by atoms with E-state index >= 15 is 0 Å². The highest BCUT2D eigenvalue weighted by atomic mass is 16.2. The monoisotopic (exact) mass is 599 g/mol. The molecule has 0 spiro atoms. The van der Waals surface area contributed by atoms with Crippen molar-refractivity contribution in [2.75, 3.05) is 7.05 Å². The van der Waals surface area contributed by atoms with Crippen molar-refractivity contribution >= 4 is 29.5 Å². The molecule has 0 unspecified atom stereocenters. The minimum atomic E-state index is -0.995. The zero-order chi connectivity index (χ0) is 32.4. The molecule has 1 aliphatic heterocycles. The molecule has 5 atom stereocenters. The Labute approximate surface area is 257 Å². The number of nitrogens with one attached hydrogen (secondary N) is 4. The van der Waals surface area contributed by atoms with Gasteiger partial charge in [-0.1, -0.05) is 85.7 Å². The molecule has 240 valence electrons. The average molecular weight is 600 g/mol. The fourth-order valence-electron chi connectivity index (χ4n) is 5.31. The average Bonchev–Trinajstić information content (AvgIpc) is 2.91. The van der Waals surface area contributed by atoms with Gasteiger partial charge in [0.05, 0.1) is 0 Å². The summed E-state index contributed by atoms with van der Waals surface area (Å²) in [4.78, 5) is 70.2. The first-order valence-corrected chi connectivity index (χ1v) is 15.6. The Bertz CT molecular complexity index is 1100. The number of hydrogen-bond acceptors (Lipinski definition) is 5. The molecule has 1 heterocycles. The van der Waals surface area contributed by atoms with Gasteiger partial charge in [-0.05, 0) is 48.5 Å². The van der Waals surface area contributed by atoms with Crippen LogP contribution in [0.1, 0.15) is 80.2 Å². The lowest BCUT2D eigenvalue weighted by atomic mass is 9.96. The predicted octanol–water partition coefficient (Wildman–Crippen LogP) is 2.80. The number of carbonyl (C=O) groups excluding carboxylic acids is 5. The van der Waals surface area contributed by atoms with E-state index in [4.69, 9.17) is 0 Å². The molecule has 1 aromatic carbocycles. The number of rotatable bonds is 9. The highest BCUT2D eigenvalue weighted by Crippen LogP contribution is 2.17. The summed E-state index contributed by atoms with van der Waals surface area (Å²) in [6.45, 7) is 15.4. The Morgan fingerprint density at radius 1 is 0.605 bits per heavy atom. The van der Waals surface area contributed by atoms with E-state index in [1.54, 1.807) is 7.05 Å². The number of amides is 5. The molecule has 1 aromatic rings. The van der Waals surface area contributed by atoms with Crippen LogP contribution in [-0.4, -0.2) is 71.7 Å². The van der Waals surface area contributed by atoms with Crippen LogP contribution < -0.4 is 21.3 Å². The number of hydrogen-bond donors (Lipinski definition) is 4. The third-order valence-electron chi connectivity index (χ3n) is 7.64. The maximum atomic E-state index is 13.8. The van der Waals surface area contributed by atoms with E-state index in [2.05, 4.69) is 21.3 Å². The van der Waals surface area contributed by atoms with Gasteiger partial charge in [0.25, 0.3) is 0 Å². The van der Waals surface area contributed by atoms with Gasteiger partial charge in [-0.3, -0.25) is 24.0 Å². The third kappa shape index (κ3) is 11.0. The summed E-state index contributed by atoms with van der Waals surface area (Å²) < 4.78 is 0. The standard InChI is InChI=1S/C33H53N5O5/c1-19(2)15-24-29(39)35-26(18-23-13-11-10-12-14-23)30(40)34-25(16-20(3)4)31(41)37-28(22(7)8)33(43)38(9)27(17-21(5)6)32(42)36-24/h10-14,19-22,24-28H,15-18H2,1-9H3,(H,34,40)(H,35,39)(H,36,42)(H,37,41)/t24-,25+,26-,27-,28-/m0/s1. The van der Waals surface area contributed by atoms with Crippen molar-refractivity contribution in [1.29, 1.82) is 0 Å². The molecule has 0 saturated carbocycles. The van der Waals surface area contributed by atoms with Gasteiger partial charge < -0.3 is 26.2 Å². The second-order valence-electron chi connectivity index (χ2n) is 13.5. The molecule has 0 aromatic heterocycles. The molecule has 4 N–H and O–H groups in total. The second kappa shape index (κ2) is 16.4. The molecular weight excluding hydrogens is 546 g/mol. The van der Waals surface area contributed by atoms with Gasteiger partial charge in [0.15, 0.2) is 0 Å². The molecule has 43 heavy (non-hydrogen) atoms. The Morgan fingerprint density at radius 2 is 1.05 bits per heavy atom. The van der Waals surface area contributed by atoms with Gasteiger partial charge in [0.1, 0.15) is 30.2 Å². The van der Waals surface area contributed by atoms with Crippen molar-refractivity contribution in [3.63, 3.8) is 0 Å². The van der Waals surface area contributed by atoms with Crippen molar-refractivity contribution in [3.8, 4) is 0 Å². The van der Waals surface area contributed by atoms with Crippen LogP contribution >= 0.6 is 0 Å². The Balaban J connectivity index is 2.64. The van der Waals surface area contributed by atoms with E-state index in [1.807, 2.05) is 85.7 Å². The smallest absolute Gasteiger partial charge is 0.245 e. The van der Waals surface area contributed by atoms with Crippen LogP contribution in [0.5, 0.6) is 0 Å². The quantitative estimate of drug-likeness (QED) is 0.346. The van der Waals surface area contributed by atoms with Gasteiger partial charge in [-0.25, -0.2) is 0 Å². The van der Waals surface area contributed by atoms with Crippen molar-refractivity contribution in [2.24, 2.45) is 23.7 Å². The van der Waals surface area contributed by atoms with Gasteiger partial charge >= 0.3 is 0 Å². The zero-order valence-corrected chi connectivity index (χ0v) is 27.4. The number of benzene rings is 1. The summed E-state index contributed by atoms with van der Waals surface area (Å²) in [6, 6.07) is 4.70. The lowest BCUT2D eigenvalue weighted by Crippen LogP contribution is -2.59. The first-order chi connectivity index (χ1) is 20.1. The molecule has 5 amide bonds. The summed E-state index contributed by atoms with van der Waals surface area (Å²) in [7, 11) is 1.56. The minimum absolute atomic E-state index is 0.0591. The van der Waals surface area contributed by atoms with E-state index in [-0.39, 0.29) is 30.1 Å². The van der Waals surface area contributed by atoms with Crippen LogP contribution in [0.4, 0.5) is 0 Å². The molecule has 10 heteroatoms. The fraction of sp³-hybridized carbons (Fsp3) is 0.667. The molecule has 0 aliphatic carbocycles. The third-order valence-corrected chi connectivity index (χ3v) is 7.64. The minimum Gasteiger partial charge on any atom is -0.343 e. The van der Waals surface area contributed by atoms with Gasteiger partial charge in [0.2, 0.25) is 29.5 Å². The zero-order valence-electron chi connectivity index (χ0n) is 27.4. The lowest BCUT2D eigenvalue weighted by molar-refractivity contribution is -0.144. The topological polar surface area (TPSA) is 137 Å². The van der Waals surface area contributed by atoms with E-state index in [1.165, 1.54) is 4.90 Å². The second-order valence-corrected chi connectivity index (χ2v) is 13.5. The van der Waals surface area contributed by atoms with E-state index in [0.717, 1.165) is 5.56 Å². The first kappa shape index (κ1) is 35.8. The SMILES string of the molecule is CC(C)C[C@@H]1NC(=O)[C@H](CC(C)C)N(C)C(=O)[C@H](C(C)C)NC(=O)[C@@H](CC(C)C)NC(=O)[C@H](Cc2ccccc2)NC1=O. The molecule has 1 aliphatic rings. The van der Waals surface area contributed by atoms with Crippen LogP contribution in [0.25, 0.3) is 0 Å². The normalized spacial score (nSPS) is 24.9. The molecule has 0 bridgehead atoms. The van der Waals surface area contributed by atoms with E-state index in [9.17, 15) is 24.0 Å². The lowest BCUT2D eigenvalue weighted by Gasteiger charge is -2.34. The van der Waals surface area contributed by atoms with Crippen LogP contribution in [0.15, 0.2) is 30.3 Å². The van der Waals surface area contributed by atoms with E-state index in [0.29, 0.717) is 19.3 Å². The highest BCUT2D eigenvalue weighted by molar-refractivity contribution is 5.98. The maximum Gasteiger partial charge on any atom is 0.245 e. The van der Waals surface area contributed by atoms with Crippen LogP contribution in [0.3, 0.4) is 0 Å². The van der Waals surface area contributed by atoms with Gasteiger partial charge in [-0.2, -0.15) is 0 Å². The van der Waals surface area contributed by atoms with Gasteiger partial charge in [-0.15, -0.1) is 0 Å². The number of nitrogens with zero attached hydrogens (tertiary/aromatic N) is 1. The van der Waals surface area contributed by atoms with Crippen molar-refractivity contribution in [3.05, 3.63) is 35.9 Å². The van der Waals surface area contributed by atoms with Gasteiger partial charge in [0, 0.05) is 13.5 Å². The Kier molecular flexibility index (Phi) is 13.7. The Hall–Kier alpha value is -3.43. The van der Waals surface area contributed by atoms with Crippen LogP contribution in [0.2, 0.25) is 0 Å². The fourth-order valence-corrected chi connectivity index (χ4v) is 5.31. The molecular formula is C33H53N5O5. The first-order valence-electron chi connectivity index (χ1n) is 15.6. The van der Waals surface area contributed by atoms with Crippen molar-refractivity contribution in [2.45, 2.75) is 111 Å². The molecule has 1 saturated heterocycles. The van der Waals surface area contributed by atoms with Crippen molar-refractivity contribution in [1.82, 2.24) is 26.2 Å². The summed E-state index contributed by atoms with van der Waals surface area (Å²) in [5.74, 6) is -2.42. The molecule has 1 fully saturated rings. The Morgan fingerprint density at radius 3 is 1.53 bits per heavy atom. The summed E-state index contributed by atoms with van der Waals surface area (Å²) in [5.41, 5.74) is 0.833. The largest absolute Gasteiger partial charge is 0.343 e. The van der Waals surface area contributed by atoms with E-state index < -0.39 is 59.7 Å². The van der Waals surface area contributed by atoms with Crippen LogP contribution in [-0.2, 0) is 30.4 Å². The number of likely N-dealkylation sites (N-methyl/N-ethyl adjacent to an activating group) is 1. The molecule has 0 radical (unpaired) electrons. The number of carbonyl (C=O) groups is 5. The summed E-state index contributed by atoms with van der Waals surface area (Å²) in [5, 5.41) is 11.5. The highest BCUT2D eigenvalue weighted by Gasteiger charge is 2.38.